The van der Waals surface area contributed by atoms with Gasteiger partial charge < -0.3 is 21.1 Å². The monoisotopic (exact) mass is 371 g/mol. The van der Waals surface area contributed by atoms with Gasteiger partial charge in [0.15, 0.2) is 17.3 Å². The van der Waals surface area contributed by atoms with Gasteiger partial charge in [-0.15, -0.1) is 0 Å². The molecule has 0 aromatic carbocycles. The molecule has 0 bridgehead atoms. The molecule has 1 aliphatic rings. The van der Waals surface area contributed by atoms with E-state index in [4.69, 9.17) is 10.5 Å². The van der Waals surface area contributed by atoms with Gasteiger partial charge in [0.05, 0.1) is 18.6 Å². The highest BCUT2D eigenvalue weighted by molar-refractivity contribution is 6.08. The van der Waals surface area contributed by atoms with E-state index in [0.29, 0.717) is 11.4 Å². The summed E-state index contributed by atoms with van der Waals surface area (Å²) >= 11 is 0. The van der Waals surface area contributed by atoms with Crippen LogP contribution in [0, 0.1) is 5.82 Å². The molecule has 140 valence electrons. The number of anilines is 2. The summed E-state index contributed by atoms with van der Waals surface area (Å²) in [6.45, 7) is 1.73. The normalized spacial score (nSPS) is 17.0. The van der Waals surface area contributed by atoms with Gasteiger partial charge in [0.25, 0.3) is 5.91 Å². The van der Waals surface area contributed by atoms with Gasteiger partial charge in [-0.2, -0.15) is 5.10 Å². The van der Waals surface area contributed by atoms with E-state index >= 15 is 0 Å². The summed E-state index contributed by atoms with van der Waals surface area (Å²) in [7, 11) is 0. The SMILES string of the molecule is Nc1nc2c(C(=O)Nc3cnccc3OC3CCCNC3)cnn2cc1F. The number of nitrogen functional groups attached to an aromatic ring is 1. The lowest BCUT2D eigenvalue weighted by Gasteiger charge is -2.24. The molecule has 4 rings (SSSR count). The van der Waals surface area contributed by atoms with Crippen molar-refractivity contribution in [2.75, 3.05) is 24.1 Å². The van der Waals surface area contributed by atoms with Gasteiger partial charge >= 0.3 is 0 Å². The summed E-state index contributed by atoms with van der Waals surface area (Å²) in [5, 5.41) is 9.97. The molecule has 3 aromatic heterocycles. The summed E-state index contributed by atoms with van der Waals surface area (Å²) in [6, 6.07) is 1.70. The number of fused-ring (bicyclic) bond motifs is 1. The van der Waals surface area contributed by atoms with Crippen molar-refractivity contribution in [3.8, 4) is 5.75 Å². The van der Waals surface area contributed by atoms with Crippen LogP contribution in [0.1, 0.15) is 23.2 Å². The van der Waals surface area contributed by atoms with E-state index in [9.17, 15) is 9.18 Å². The van der Waals surface area contributed by atoms with Crippen LogP contribution in [0.15, 0.2) is 30.9 Å². The standard InChI is InChI=1S/C17H18FN7O2/c18-12-9-25-16(24-15(12)19)11(7-22-25)17(26)23-13-8-21-5-3-14(13)27-10-2-1-4-20-6-10/h3,5,7-10,20H,1-2,4,6H2,(H2,19,24)(H,23,26). The quantitative estimate of drug-likeness (QED) is 0.631. The third kappa shape index (κ3) is 3.51. The Bertz CT molecular complexity index is 985. The van der Waals surface area contributed by atoms with Gasteiger partial charge in [-0.05, 0) is 19.4 Å². The van der Waals surface area contributed by atoms with Crippen LogP contribution in [0.2, 0.25) is 0 Å². The number of rotatable bonds is 4. The molecule has 1 atom stereocenters. The fourth-order valence-corrected chi connectivity index (χ4v) is 2.93. The maximum Gasteiger partial charge on any atom is 0.261 e. The number of nitrogens with two attached hydrogens (primary N) is 1. The Labute approximate surface area is 153 Å². The number of hydrogen-bond donors (Lipinski definition) is 3. The number of pyridine rings is 1. The molecule has 1 aliphatic heterocycles. The molecule has 0 radical (unpaired) electrons. The molecule has 0 aliphatic carbocycles. The lowest BCUT2D eigenvalue weighted by Crippen LogP contribution is -2.37. The van der Waals surface area contributed by atoms with Gasteiger partial charge in [-0.1, -0.05) is 0 Å². The molecule has 0 spiro atoms. The minimum Gasteiger partial charge on any atom is -0.487 e. The van der Waals surface area contributed by atoms with Gasteiger partial charge in [0.2, 0.25) is 0 Å². The number of carbonyl (C=O) groups excluding carboxylic acids is 1. The number of nitrogens with zero attached hydrogens (tertiary/aromatic N) is 4. The van der Waals surface area contributed by atoms with Crippen molar-refractivity contribution in [2.45, 2.75) is 18.9 Å². The first-order valence-corrected chi connectivity index (χ1v) is 8.54. The van der Waals surface area contributed by atoms with Crippen molar-refractivity contribution < 1.29 is 13.9 Å². The first kappa shape index (κ1) is 17.2. The van der Waals surface area contributed by atoms with Crippen LogP contribution in [0.4, 0.5) is 15.9 Å². The van der Waals surface area contributed by atoms with Crippen LogP contribution in [-0.4, -0.2) is 44.7 Å². The first-order chi connectivity index (χ1) is 13.1. The minimum absolute atomic E-state index is 0.0261. The van der Waals surface area contributed by atoms with Gasteiger partial charge in [0, 0.05) is 18.8 Å². The predicted molar refractivity (Wildman–Crippen MR) is 96.1 cm³/mol. The third-order valence-corrected chi connectivity index (χ3v) is 4.30. The molecular formula is C17H18FN7O2. The average molecular weight is 371 g/mol. The highest BCUT2D eigenvalue weighted by atomic mass is 19.1. The average Bonchev–Trinajstić information content (AvgIpc) is 3.07. The summed E-state index contributed by atoms with van der Waals surface area (Å²) in [5.41, 5.74) is 6.26. The number of carbonyl (C=O) groups is 1. The Balaban J connectivity index is 1.57. The molecule has 4 N–H and O–H groups in total. The van der Waals surface area contributed by atoms with Crippen LogP contribution >= 0.6 is 0 Å². The Kier molecular flexibility index (Phi) is 4.55. The molecular weight excluding hydrogens is 353 g/mol. The highest BCUT2D eigenvalue weighted by Gasteiger charge is 2.20. The smallest absolute Gasteiger partial charge is 0.261 e. The van der Waals surface area contributed by atoms with E-state index in [-0.39, 0.29) is 23.1 Å². The molecule has 1 amide bonds. The first-order valence-electron chi connectivity index (χ1n) is 8.54. The maximum atomic E-state index is 13.5. The summed E-state index contributed by atoms with van der Waals surface area (Å²) in [6.07, 6.45) is 7.48. The summed E-state index contributed by atoms with van der Waals surface area (Å²) in [4.78, 5) is 20.6. The summed E-state index contributed by atoms with van der Waals surface area (Å²) < 4.78 is 20.7. The molecule has 0 saturated carbocycles. The molecule has 10 heteroatoms. The van der Waals surface area contributed by atoms with Gasteiger partial charge in [-0.3, -0.25) is 9.78 Å². The predicted octanol–water partition coefficient (Wildman–Crippen LogP) is 1.23. The van der Waals surface area contributed by atoms with Gasteiger partial charge in [-0.25, -0.2) is 13.9 Å². The largest absolute Gasteiger partial charge is 0.487 e. The van der Waals surface area contributed by atoms with E-state index in [1.807, 2.05) is 0 Å². The molecule has 9 nitrogen and oxygen atoms in total. The second-order valence-corrected chi connectivity index (χ2v) is 6.21. The Morgan fingerprint density at radius 2 is 2.33 bits per heavy atom. The van der Waals surface area contributed by atoms with Gasteiger partial charge in [0.1, 0.15) is 23.1 Å². The van der Waals surface area contributed by atoms with E-state index in [1.165, 1.54) is 12.4 Å². The second-order valence-electron chi connectivity index (χ2n) is 6.21. The number of hydrogen-bond acceptors (Lipinski definition) is 7. The fourth-order valence-electron chi connectivity index (χ4n) is 2.93. The zero-order valence-electron chi connectivity index (χ0n) is 14.4. The molecule has 4 heterocycles. The Morgan fingerprint density at radius 3 is 3.15 bits per heavy atom. The number of ether oxygens (including phenoxy) is 1. The van der Waals surface area contributed by atoms with Crippen molar-refractivity contribution >= 4 is 23.1 Å². The Hall–Kier alpha value is -3.27. The van der Waals surface area contributed by atoms with Crippen molar-refractivity contribution in [1.29, 1.82) is 0 Å². The highest BCUT2D eigenvalue weighted by Crippen LogP contribution is 2.26. The lowest BCUT2D eigenvalue weighted by atomic mass is 10.1. The lowest BCUT2D eigenvalue weighted by molar-refractivity contribution is 0.102. The third-order valence-electron chi connectivity index (χ3n) is 4.30. The van der Waals surface area contributed by atoms with Crippen molar-refractivity contribution in [1.82, 2.24) is 24.9 Å². The molecule has 27 heavy (non-hydrogen) atoms. The van der Waals surface area contributed by atoms with Crippen LogP contribution in [0.25, 0.3) is 5.65 Å². The molecule has 1 saturated heterocycles. The maximum absolute atomic E-state index is 13.5. The van der Waals surface area contributed by atoms with E-state index in [0.717, 1.165) is 36.6 Å². The number of nitrogens with one attached hydrogen (secondary N) is 2. The molecule has 1 fully saturated rings. The number of piperidine rings is 1. The minimum atomic E-state index is -0.707. The molecule has 3 aromatic rings. The topological polar surface area (TPSA) is 119 Å². The van der Waals surface area contributed by atoms with Crippen molar-refractivity contribution in [2.24, 2.45) is 0 Å². The van der Waals surface area contributed by atoms with E-state index in [1.54, 1.807) is 12.3 Å². The number of aromatic nitrogens is 4. The fraction of sp³-hybridized carbons (Fsp3) is 0.294. The summed E-state index contributed by atoms with van der Waals surface area (Å²) in [5.74, 6) is -0.945. The van der Waals surface area contributed by atoms with Crippen LogP contribution < -0.4 is 21.1 Å². The Morgan fingerprint density at radius 1 is 1.44 bits per heavy atom. The van der Waals surface area contributed by atoms with Crippen molar-refractivity contribution in [3.63, 3.8) is 0 Å². The number of halogens is 1. The zero-order chi connectivity index (χ0) is 18.8. The van der Waals surface area contributed by atoms with E-state index < -0.39 is 11.7 Å². The van der Waals surface area contributed by atoms with E-state index in [2.05, 4.69) is 25.7 Å². The zero-order valence-corrected chi connectivity index (χ0v) is 14.4. The van der Waals surface area contributed by atoms with Crippen LogP contribution in [0.5, 0.6) is 5.75 Å². The van der Waals surface area contributed by atoms with Crippen LogP contribution in [0.3, 0.4) is 0 Å². The number of amides is 1. The second kappa shape index (κ2) is 7.16. The van der Waals surface area contributed by atoms with Crippen molar-refractivity contribution in [3.05, 3.63) is 42.2 Å². The van der Waals surface area contributed by atoms with Crippen LogP contribution in [-0.2, 0) is 0 Å². The molecule has 1 unspecified atom stereocenters.